The lowest BCUT2D eigenvalue weighted by Crippen LogP contribution is -2.41. The Hall–Kier alpha value is -3.60. The van der Waals surface area contributed by atoms with Crippen LogP contribution in [0.1, 0.15) is 24.1 Å². The number of fused-ring (bicyclic) bond motifs is 1. The van der Waals surface area contributed by atoms with Gasteiger partial charge in [0, 0.05) is 5.02 Å². The molecule has 0 radical (unpaired) electrons. The van der Waals surface area contributed by atoms with Crippen LogP contribution >= 0.6 is 38.9 Å². The molecule has 0 N–H and O–H groups in total. The van der Waals surface area contributed by atoms with Crippen molar-refractivity contribution in [2.75, 3.05) is 20.3 Å². The molecule has 0 amide bonds. The second kappa shape index (κ2) is 11.9. The summed E-state index contributed by atoms with van der Waals surface area (Å²) in [5, 5.41) is 9.14. The van der Waals surface area contributed by atoms with Crippen LogP contribution in [-0.2, 0) is 9.53 Å². The molecule has 2 heterocycles. The number of nitriles is 1. The molecule has 0 spiro atoms. The Morgan fingerprint density at radius 2 is 2.00 bits per heavy atom. The second-order valence-electron chi connectivity index (χ2n) is 8.10. The average Bonchev–Trinajstić information content (AvgIpc) is 3.21. The number of benzene rings is 2. The number of esters is 1. The van der Waals surface area contributed by atoms with Crippen LogP contribution in [0.15, 0.2) is 61.9 Å². The molecule has 4 rings (SSSR count). The van der Waals surface area contributed by atoms with Crippen LogP contribution in [0, 0.1) is 11.3 Å². The second-order valence-corrected chi connectivity index (χ2v) is 10.4. The minimum atomic E-state index is -5.01. The molecule has 0 fully saturated rings. The van der Waals surface area contributed by atoms with E-state index in [1.54, 1.807) is 6.07 Å². The molecule has 0 unspecified atom stereocenters. The number of nitrogens with zero attached hydrogens (tertiary/aromatic N) is 3. The van der Waals surface area contributed by atoms with Gasteiger partial charge in [-0.25, -0.2) is 9.79 Å². The Balaban J connectivity index is 1.99. The molecule has 3 aromatic rings. The highest BCUT2D eigenvalue weighted by Crippen LogP contribution is 2.39. The molecule has 0 saturated carbocycles. The first-order valence-electron chi connectivity index (χ1n) is 11.4. The minimum absolute atomic E-state index is 0.0454. The van der Waals surface area contributed by atoms with E-state index in [1.165, 1.54) is 50.4 Å². The molecule has 1 aliphatic rings. The molecule has 14 heteroatoms. The molecule has 1 atom stereocenters. The normalized spacial score (nSPS) is 15.2. The van der Waals surface area contributed by atoms with Crippen molar-refractivity contribution in [1.82, 2.24) is 4.57 Å². The van der Waals surface area contributed by atoms with Crippen molar-refractivity contribution in [3.63, 3.8) is 0 Å². The van der Waals surface area contributed by atoms with E-state index in [9.17, 15) is 22.8 Å². The van der Waals surface area contributed by atoms with Gasteiger partial charge in [-0.15, -0.1) is 0 Å². The number of aromatic nitrogens is 1. The summed E-state index contributed by atoms with van der Waals surface area (Å²) in [6.45, 7) is 1.04. The quantitative estimate of drug-likeness (QED) is 0.343. The topological polar surface area (TPSA) is 103 Å². The van der Waals surface area contributed by atoms with Gasteiger partial charge in [-0.05, 0) is 64.3 Å². The Morgan fingerprint density at radius 3 is 2.60 bits per heavy atom. The van der Waals surface area contributed by atoms with Crippen LogP contribution in [0.2, 0.25) is 5.02 Å². The number of carbonyl (C=O) groups is 1. The maximum Gasteiger partial charge on any atom is 0.434 e. The summed E-state index contributed by atoms with van der Waals surface area (Å²) in [5.41, 5.74) is -2.27. The van der Waals surface area contributed by atoms with Gasteiger partial charge in [0.05, 0.1) is 34.3 Å². The summed E-state index contributed by atoms with van der Waals surface area (Å²) in [5.74, 6) is -0.722. The van der Waals surface area contributed by atoms with E-state index in [1.807, 2.05) is 6.07 Å². The number of halogens is 5. The zero-order chi connectivity index (χ0) is 29.2. The first-order valence-corrected chi connectivity index (χ1v) is 13.4. The van der Waals surface area contributed by atoms with Gasteiger partial charge in [-0.3, -0.25) is 9.36 Å². The van der Waals surface area contributed by atoms with Crippen LogP contribution in [0.25, 0.3) is 6.08 Å². The predicted octanol–water partition coefficient (Wildman–Crippen LogP) is 4.67. The van der Waals surface area contributed by atoms with Gasteiger partial charge in [0.15, 0.2) is 28.6 Å². The lowest BCUT2D eigenvalue weighted by atomic mass is 9.95. The van der Waals surface area contributed by atoms with Crippen molar-refractivity contribution in [3.05, 3.63) is 88.0 Å². The largest absolute Gasteiger partial charge is 0.493 e. The lowest BCUT2D eigenvalue weighted by molar-refractivity contribution is -0.140. The van der Waals surface area contributed by atoms with Gasteiger partial charge >= 0.3 is 12.1 Å². The molecule has 40 heavy (non-hydrogen) atoms. The molecule has 208 valence electrons. The van der Waals surface area contributed by atoms with Crippen molar-refractivity contribution < 1.29 is 32.2 Å². The van der Waals surface area contributed by atoms with Crippen LogP contribution in [0.5, 0.6) is 11.5 Å². The Kier molecular flexibility index (Phi) is 8.72. The highest BCUT2D eigenvalue weighted by molar-refractivity contribution is 9.10. The number of hydrogen-bond acceptors (Lipinski definition) is 8. The number of carbonyl (C=O) groups excluding carboxylic acids is 1. The fourth-order valence-corrected chi connectivity index (χ4v) is 5.72. The van der Waals surface area contributed by atoms with Gasteiger partial charge in [0.2, 0.25) is 0 Å². The molecule has 1 aromatic heterocycles. The maximum absolute atomic E-state index is 14.2. The number of ether oxygens (including phenoxy) is 3. The van der Waals surface area contributed by atoms with Gasteiger partial charge < -0.3 is 14.2 Å². The zero-order valence-corrected chi connectivity index (χ0v) is 23.9. The van der Waals surface area contributed by atoms with E-state index in [4.69, 9.17) is 31.1 Å². The molecule has 0 saturated heterocycles. The third kappa shape index (κ3) is 5.79. The van der Waals surface area contributed by atoms with E-state index in [0.717, 1.165) is 15.9 Å². The summed E-state index contributed by atoms with van der Waals surface area (Å²) >= 11 is 10.1. The summed E-state index contributed by atoms with van der Waals surface area (Å²) in [7, 11) is 1.39. The van der Waals surface area contributed by atoms with Crippen LogP contribution in [0.3, 0.4) is 0 Å². The van der Waals surface area contributed by atoms with Crippen molar-refractivity contribution in [2.45, 2.75) is 19.1 Å². The first-order chi connectivity index (χ1) is 19.0. The lowest BCUT2D eigenvalue weighted by Gasteiger charge is -2.26. The van der Waals surface area contributed by atoms with Gasteiger partial charge in [-0.2, -0.15) is 18.4 Å². The SMILES string of the molecule is CCOC(=O)C1=C(C(F)(F)F)N=c2s/c(=C\c3cc(Br)c(OCC#N)c(OC)c3)c(=O)n2[C@H]1c1ccc(Cl)cc1. The Morgan fingerprint density at radius 1 is 1.30 bits per heavy atom. The maximum atomic E-state index is 14.2. The van der Waals surface area contributed by atoms with Crippen molar-refractivity contribution in [3.8, 4) is 17.6 Å². The summed E-state index contributed by atoms with van der Waals surface area (Å²) < 4.78 is 59.9. The average molecular weight is 657 g/mol. The predicted molar refractivity (Wildman–Crippen MR) is 144 cm³/mol. The highest BCUT2D eigenvalue weighted by Gasteiger charge is 2.45. The number of hydrogen-bond donors (Lipinski definition) is 0. The van der Waals surface area contributed by atoms with Crippen LogP contribution in [-0.4, -0.2) is 37.0 Å². The fraction of sp³-hybridized carbons (Fsp3) is 0.231. The molecule has 8 nitrogen and oxygen atoms in total. The van der Waals surface area contributed by atoms with E-state index in [2.05, 4.69) is 20.9 Å². The number of methoxy groups -OCH3 is 1. The van der Waals surface area contributed by atoms with Gasteiger partial charge in [-0.1, -0.05) is 35.1 Å². The molecule has 1 aliphatic heterocycles. The fourth-order valence-electron chi connectivity index (χ4n) is 4.02. The molecular weight excluding hydrogens is 639 g/mol. The van der Waals surface area contributed by atoms with Crippen molar-refractivity contribution in [2.24, 2.45) is 4.99 Å². The summed E-state index contributed by atoms with van der Waals surface area (Å²) in [6, 6.07) is 9.27. The van der Waals surface area contributed by atoms with Crippen LogP contribution < -0.4 is 24.4 Å². The molecule has 0 bridgehead atoms. The third-order valence-corrected chi connectivity index (χ3v) is 7.44. The Bertz CT molecular complexity index is 1730. The van der Waals surface area contributed by atoms with Crippen molar-refractivity contribution >= 4 is 50.9 Å². The van der Waals surface area contributed by atoms with Crippen molar-refractivity contribution in [1.29, 1.82) is 5.26 Å². The number of rotatable bonds is 7. The number of alkyl halides is 3. The molecule has 2 aromatic carbocycles. The zero-order valence-electron chi connectivity index (χ0n) is 20.7. The first kappa shape index (κ1) is 29.4. The highest BCUT2D eigenvalue weighted by atomic mass is 79.9. The van der Waals surface area contributed by atoms with E-state index in [0.29, 0.717) is 15.1 Å². The number of allylic oxidation sites excluding steroid dienone is 1. The monoisotopic (exact) mass is 655 g/mol. The van der Waals surface area contributed by atoms with Crippen LogP contribution in [0.4, 0.5) is 13.2 Å². The minimum Gasteiger partial charge on any atom is -0.493 e. The van der Waals surface area contributed by atoms with Gasteiger partial charge in [0.25, 0.3) is 5.56 Å². The Labute approximate surface area is 242 Å². The van der Waals surface area contributed by atoms with E-state index >= 15 is 0 Å². The van der Waals surface area contributed by atoms with E-state index < -0.39 is 35.0 Å². The number of thiazole rings is 1. The standard InChI is InChI=1S/C26H18BrClF3N3O5S/c1-3-38-24(36)19-20(14-4-6-15(28)7-5-14)34-23(35)18(40-25(34)33-22(19)26(29,30)31)12-13-10-16(27)21(39-9-8-32)17(11-13)37-2/h4-7,10-12,20H,3,9H2,1-2H3/b18-12-/t20-/m0/s1. The molecule has 0 aliphatic carbocycles. The summed E-state index contributed by atoms with van der Waals surface area (Å²) in [4.78, 5) is 30.1. The van der Waals surface area contributed by atoms with Gasteiger partial charge in [0.1, 0.15) is 6.07 Å². The summed E-state index contributed by atoms with van der Waals surface area (Å²) in [6.07, 6.45) is -3.56. The van der Waals surface area contributed by atoms with E-state index in [-0.39, 0.29) is 39.6 Å². The smallest absolute Gasteiger partial charge is 0.434 e. The third-order valence-electron chi connectivity index (χ3n) is 5.61. The molecular formula is C26H18BrClF3N3O5S.